The lowest BCUT2D eigenvalue weighted by molar-refractivity contribution is 0.0600. The predicted octanol–water partition coefficient (Wildman–Crippen LogP) is 4.63. The minimum absolute atomic E-state index is 0.0251. The average molecular weight is 335 g/mol. The Morgan fingerprint density at radius 2 is 1.75 bits per heavy atom. The molecule has 1 aromatic carbocycles. The van der Waals surface area contributed by atoms with Gasteiger partial charge in [-0.05, 0) is 18.2 Å². The molecule has 0 fully saturated rings. The van der Waals surface area contributed by atoms with Crippen LogP contribution in [0.15, 0.2) is 24.3 Å². The van der Waals surface area contributed by atoms with Gasteiger partial charge in [0.25, 0.3) is 0 Å². The van der Waals surface area contributed by atoms with Gasteiger partial charge in [0.15, 0.2) is 0 Å². The Balaban J connectivity index is 2.61. The smallest absolute Gasteiger partial charge is 0.338 e. The molecule has 0 aliphatic rings. The summed E-state index contributed by atoms with van der Waals surface area (Å²) in [5, 5.41) is 0.759. The molecule has 0 saturated heterocycles. The molecule has 0 aliphatic heterocycles. The van der Waals surface area contributed by atoms with Gasteiger partial charge in [-0.1, -0.05) is 34.8 Å². The van der Waals surface area contributed by atoms with E-state index in [9.17, 15) is 9.18 Å². The van der Waals surface area contributed by atoms with Crippen molar-refractivity contribution in [3.63, 3.8) is 0 Å². The fraction of sp³-hybridized carbons (Fsp3) is 0.0769. The number of hydrogen-bond donors (Lipinski definition) is 0. The van der Waals surface area contributed by atoms with Crippen LogP contribution in [0.25, 0.3) is 11.3 Å². The van der Waals surface area contributed by atoms with E-state index in [2.05, 4.69) is 9.72 Å². The summed E-state index contributed by atoms with van der Waals surface area (Å²) < 4.78 is 18.0. The Labute approximate surface area is 129 Å². The highest BCUT2D eigenvalue weighted by molar-refractivity contribution is 6.44. The van der Waals surface area contributed by atoms with Crippen molar-refractivity contribution in [2.45, 2.75) is 0 Å². The van der Waals surface area contributed by atoms with E-state index >= 15 is 0 Å². The van der Waals surface area contributed by atoms with Crippen LogP contribution in [0.5, 0.6) is 0 Å². The fourth-order valence-electron chi connectivity index (χ4n) is 1.59. The number of ether oxygens (including phenoxy) is 1. The Bertz CT molecular complexity index is 692. The Morgan fingerprint density at radius 1 is 1.10 bits per heavy atom. The zero-order chi connectivity index (χ0) is 14.9. The molecule has 1 heterocycles. The number of nitrogens with zero attached hydrogens (tertiary/aromatic N) is 1. The fourth-order valence-corrected chi connectivity index (χ4v) is 2.23. The van der Waals surface area contributed by atoms with Crippen molar-refractivity contribution in [2.24, 2.45) is 0 Å². The van der Waals surface area contributed by atoms with Crippen LogP contribution in [-0.4, -0.2) is 18.1 Å². The molecule has 2 aromatic rings. The first kappa shape index (κ1) is 15.0. The Hall–Kier alpha value is -1.36. The summed E-state index contributed by atoms with van der Waals surface area (Å²) in [6.07, 6.45) is 0. The molecule has 20 heavy (non-hydrogen) atoms. The summed E-state index contributed by atoms with van der Waals surface area (Å²) in [7, 11) is 1.20. The number of halogens is 4. The second-order valence-corrected chi connectivity index (χ2v) is 5.02. The number of pyridine rings is 1. The number of methoxy groups -OCH3 is 1. The van der Waals surface area contributed by atoms with Crippen LogP contribution in [0.1, 0.15) is 10.4 Å². The number of esters is 1. The van der Waals surface area contributed by atoms with Crippen LogP contribution in [0.4, 0.5) is 4.39 Å². The highest BCUT2D eigenvalue weighted by atomic mass is 35.5. The molecule has 0 aliphatic carbocycles. The lowest BCUT2D eigenvalue weighted by atomic mass is 10.1. The largest absolute Gasteiger partial charge is 0.465 e. The van der Waals surface area contributed by atoms with Gasteiger partial charge < -0.3 is 4.74 Å². The van der Waals surface area contributed by atoms with Crippen LogP contribution in [0.2, 0.25) is 15.1 Å². The minimum atomic E-state index is -0.829. The Morgan fingerprint density at radius 3 is 2.40 bits per heavy atom. The summed E-state index contributed by atoms with van der Waals surface area (Å²) >= 11 is 17.8. The molecule has 0 radical (unpaired) electrons. The third-order valence-corrected chi connectivity index (χ3v) is 3.54. The van der Waals surface area contributed by atoms with E-state index in [0.717, 1.165) is 6.07 Å². The van der Waals surface area contributed by atoms with Crippen LogP contribution in [0, 0.1) is 5.95 Å². The maximum atomic E-state index is 13.5. The van der Waals surface area contributed by atoms with Gasteiger partial charge in [-0.3, -0.25) is 0 Å². The molecule has 7 heteroatoms. The second-order valence-electron chi connectivity index (χ2n) is 3.80. The first-order chi connectivity index (χ1) is 9.42. The van der Waals surface area contributed by atoms with Crippen molar-refractivity contribution in [3.8, 4) is 11.3 Å². The molecule has 0 saturated carbocycles. The monoisotopic (exact) mass is 333 g/mol. The lowest BCUT2D eigenvalue weighted by Gasteiger charge is -2.08. The van der Waals surface area contributed by atoms with E-state index in [-0.39, 0.29) is 26.3 Å². The molecule has 3 nitrogen and oxygen atoms in total. The molecule has 0 N–H and O–H groups in total. The number of aromatic nitrogens is 1. The molecule has 104 valence electrons. The first-order valence-corrected chi connectivity index (χ1v) is 6.46. The molecule has 0 unspecified atom stereocenters. The molecule has 0 atom stereocenters. The zero-order valence-electron chi connectivity index (χ0n) is 10.1. The normalized spacial score (nSPS) is 10.4. The molecule has 0 amide bonds. The third kappa shape index (κ3) is 3.03. The third-order valence-electron chi connectivity index (χ3n) is 2.50. The summed E-state index contributed by atoms with van der Waals surface area (Å²) in [6, 6.07) is 5.21. The first-order valence-electron chi connectivity index (χ1n) is 5.33. The van der Waals surface area contributed by atoms with E-state index < -0.39 is 11.9 Å². The van der Waals surface area contributed by atoms with Crippen molar-refractivity contribution in [3.05, 3.63) is 50.8 Å². The molecular formula is C13H7Cl3FNO2. The summed E-state index contributed by atoms with van der Waals surface area (Å²) in [6.45, 7) is 0. The van der Waals surface area contributed by atoms with Gasteiger partial charge in [-0.25, -0.2) is 9.78 Å². The quantitative estimate of drug-likeness (QED) is 0.456. The molecule has 2 rings (SSSR count). The van der Waals surface area contributed by atoms with Crippen molar-refractivity contribution in [1.29, 1.82) is 0 Å². The lowest BCUT2D eigenvalue weighted by Crippen LogP contribution is -2.03. The van der Waals surface area contributed by atoms with Crippen molar-refractivity contribution in [2.75, 3.05) is 7.11 Å². The SMILES string of the molecule is COC(=O)c1cc(F)nc(-c2cc(Cl)c(Cl)cc2Cl)c1. The van der Waals surface area contributed by atoms with Gasteiger partial charge in [-0.15, -0.1) is 0 Å². The van der Waals surface area contributed by atoms with Crippen molar-refractivity contribution < 1.29 is 13.9 Å². The van der Waals surface area contributed by atoms with E-state index in [1.165, 1.54) is 25.3 Å². The number of hydrogen-bond acceptors (Lipinski definition) is 3. The van der Waals surface area contributed by atoms with Gasteiger partial charge in [0, 0.05) is 11.6 Å². The van der Waals surface area contributed by atoms with Crippen molar-refractivity contribution >= 4 is 40.8 Å². The molecule has 0 spiro atoms. The van der Waals surface area contributed by atoms with Gasteiger partial charge in [0.2, 0.25) is 5.95 Å². The number of benzene rings is 1. The van der Waals surface area contributed by atoms with Gasteiger partial charge >= 0.3 is 5.97 Å². The van der Waals surface area contributed by atoms with Gasteiger partial charge in [-0.2, -0.15) is 4.39 Å². The summed E-state index contributed by atoms with van der Waals surface area (Å²) in [4.78, 5) is 15.2. The average Bonchev–Trinajstić information content (AvgIpc) is 2.41. The standard InChI is InChI=1S/C13H7Cl3FNO2/c1-20-13(19)6-2-11(18-12(17)3-6)7-4-9(15)10(16)5-8(7)14/h2-5H,1H3. The molecular weight excluding hydrogens is 328 g/mol. The van der Waals surface area contributed by atoms with Crippen LogP contribution >= 0.6 is 34.8 Å². The second kappa shape index (κ2) is 5.95. The summed E-state index contributed by atoms with van der Waals surface area (Å²) in [5.74, 6) is -1.51. The highest BCUT2D eigenvalue weighted by Gasteiger charge is 2.14. The zero-order valence-corrected chi connectivity index (χ0v) is 12.4. The van der Waals surface area contributed by atoms with Crippen LogP contribution < -0.4 is 0 Å². The summed E-state index contributed by atoms with van der Waals surface area (Å²) in [5.41, 5.74) is 0.553. The number of carbonyl (C=O) groups is 1. The van der Waals surface area contributed by atoms with Gasteiger partial charge in [0.1, 0.15) is 0 Å². The van der Waals surface area contributed by atoms with Crippen LogP contribution in [-0.2, 0) is 4.74 Å². The number of carbonyl (C=O) groups excluding carboxylic acids is 1. The predicted molar refractivity (Wildman–Crippen MR) is 76.0 cm³/mol. The Kier molecular flexibility index (Phi) is 4.48. The maximum absolute atomic E-state index is 13.5. The molecule has 0 bridgehead atoms. The number of rotatable bonds is 2. The molecule has 1 aromatic heterocycles. The maximum Gasteiger partial charge on any atom is 0.338 e. The highest BCUT2D eigenvalue weighted by Crippen LogP contribution is 2.34. The topological polar surface area (TPSA) is 39.2 Å². The van der Waals surface area contributed by atoms with E-state index in [1.54, 1.807) is 0 Å². The van der Waals surface area contributed by atoms with E-state index in [0.29, 0.717) is 5.56 Å². The van der Waals surface area contributed by atoms with Crippen molar-refractivity contribution in [1.82, 2.24) is 4.98 Å². The van der Waals surface area contributed by atoms with Crippen LogP contribution in [0.3, 0.4) is 0 Å². The van der Waals surface area contributed by atoms with E-state index in [1.807, 2.05) is 0 Å². The van der Waals surface area contributed by atoms with Gasteiger partial charge in [0.05, 0.1) is 33.4 Å². The minimum Gasteiger partial charge on any atom is -0.465 e. The van der Waals surface area contributed by atoms with E-state index in [4.69, 9.17) is 34.8 Å².